The Balaban J connectivity index is 1.94. The van der Waals surface area contributed by atoms with E-state index in [-0.39, 0.29) is 0 Å². The maximum Gasteiger partial charge on any atom is 0.130 e. The van der Waals surface area contributed by atoms with Crippen LogP contribution in [0, 0.1) is 0 Å². The van der Waals surface area contributed by atoms with Gasteiger partial charge in [0, 0.05) is 5.02 Å². The van der Waals surface area contributed by atoms with E-state index in [2.05, 4.69) is 18.2 Å². The largest absolute Gasteiger partial charge is 0.457 e. The van der Waals surface area contributed by atoms with Crippen LogP contribution < -0.4 is 10.5 Å². The number of hydrogen-bond acceptors (Lipinski definition) is 2. The fraction of sp³-hybridized carbons (Fsp3) is 0.111. The van der Waals surface area contributed by atoms with Crippen LogP contribution in [0.5, 0.6) is 11.5 Å². The summed E-state index contributed by atoms with van der Waals surface area (Å²) < 4.78 is 6.01. The fourth-order valence-electron chi connectivity index (χ4n) is 2.36. The lowest BCUT2D eigenvalue weighted by Gasteiger charge is -2.12. The van der Waals surface area contributed by atoms with Gasteiger partial charge in [0.25, 0.3) is 0 Å². The summed E-state index contributed by atoms with van der Waals surface area (Å²) in [5.74, 6) is 1.62. The minimum absolute atomic E-state index is 0.564. The number of hydrogen-bond donors (Lipinski definition) is 1. The molecule has 21 heavy (non-hydrogen) atoms. The molecule has 0 bridgehead atoms. The summed E-state index contributed by atoms with van der Waals surface area (Å²) in [6.07, 6.45) is 0.740. The van der Waals surface area contributed by atoms with Crippen molar-refractivity contribution in [2.24, 2.45) is 5.73 Å². The molecule has 0 unspecified atom stereocenters. The van der Waals surface area contributed by atoms with E-state index in [1.807, 2.05) is 42.5 Å². The van der Waals surface area contributed by atoms with Gasteiger partial charge in [-0.05, 0) is 59.6 Å². The van der Waals surface area contributed by atoms with Crippen molar-refractivity contribution in [1.82, 2.24) is 0 Å². The lowest BCUT2D eigenvalue weighted by Crippen LogP contribution is -2.04. The molecule has 2 nitrogen and oxygen atoms in total. The average Bonchev–Trinajstić information content (AvgIpc) is 2.50. The van der Waals surface area contributed by atoms with Crippen molar-refractivity contribution in [2.75, 3.05) is 6.54 Å². The van der Waals surface area contributed by atoms with Crippen molar-refractivity contribution in [3.63, 3.8) is 0 Å². The molecule has 0 saturated heterocycles. The van der Waals surface area contributed by atoms with Crippen LogP contribution in [-0.4, -0.2) is 6.54 Å². The number of ether oxygens (including phenoxy) is 1. The summed E-state index contributed by atoms with van der Waals surface area (Å²) in [4.78, 5) is 0. The third-order valence-electron chi connectivity index (χ3n) is 3.38. The van der Waals surface area contributed by atoms with Crippen molar-refractivity contribution in [2.45, 2.75) is 6.42 Å². The van der Waals surface area contributed by atoms with E-state index in [4.69, 9.17) is 22.1 Å². The number of halogens is 1. The molecule has 0 saturated carbocycles. The summed E-state index contributed by atoms with van der Waals surface area (Å²) in [5, 5.41) is 3.05. The molecule has 3 rings (SSSR count). The predicted octanol–water partition coefficient (Wildman–Crippen LogP) is 4.79. The van der Waals surface area contributed by atoms with Crippen LogP contribution in [0.25, 0.3) is 10.8 Å². The Labute approximate surface area is 129 Å². The molecule has 0 spiro atoms. The number of fused-ring (bicyclic) bond motifs is 1. The van der Waals surface area contributed by atoms with Crippen LogP contribution in [0.3, 0.4) is 0 Å². The van der Waals surface area contributed by atoms with E-state index < -0.39 is 0 Å². The second-order valence-electron chi connectivity index (χ2n) is 4.90. The zero-order valence-corrected chi connectivity index (χ0v) is 12.3. The van der Waals surface area contributed by atoms with E-state index >= 15 is 0 Å². The summed E-state index contributed by atoms with van der Waals surface area (Å²) in [6.45, 7) is 0.564. The van der Waals surface area contributed by atoms with Gasteiger partial charge in [0.15, 0.2) is 0 Å². The van der Waals surface area contributed by atoms with Crippen LogP contribution in [0.15, 0.2) is 60.7 Å². The molecule has 0 aliphatic rings. The first kappa shape index (κ1) is 13.9. The Kier molecular flexibility index (Phi) is 4.09. The van der Waals surface area contributed by atoms with Gasteiger partial charge < -0.3 is 10.5 Å². The molecule has 3 aromatic carbocycles. The van der Waals surface area contributed by atoms with Crippen LogP contribution in [0.4, 0.5) is 0 Å². The third-order valence-corrected chi connectivity index (χ3v) is 3.62. The highest BCUT2D eigenvalue weighted by atomic mass is 35.5. The molecular weight excluding hydrogens is 282 g/mol. The standard InChI is InChI=1S/C18H16ClNO/c19-16-6-8-18(15(11-16)9-10-20)21-17-7-5-13-3-1-2-4-14(13)12-17/h1-8,11-12H,9-10,20H2. The predicted molar refractivity (Wildman–Crippen MR) is 88.2 cm³/mol. The highest BCUT2D eigenvalue weighted by molar-refractivity contribution is 6.30. The van der Waals surface area contributed by atoms with Crippen LogP contribution in [0.1, 0.15) is 5.56 Å². The highest BCUT2D eigenvalue weighted by Gasteiger charge is 2.06. The minimum Gasteiger partial charge on any atom is -0.457 e. The monoisotopic (exact) mass is 297 g/mol. The van der Waals surface area contributed by atoms with Gasteiger partial charge in [0.05, 0.1) is 0 Å². The van der Waals surface area contributed by atoms with Gasteiger partial charge in [0.1, 0.15) is 11.5 Å². The van der Waals surface area contributed by atoms with Gasteiger partial charge in [-0.1, -0.05) is 41.9 Å². The van der Waals surface area contributed by atoms with Gasteiger partial charge in [-0.25, -0.2) is 0 Å². The first-order valence-electron chi connectivity index (χ1n) is 6.91. The number of rotatable bonds is 4. The number of benzene rings is 3. The zero-order valence-electron chi connectivity index (χ0n) is 11.6. The van der Waals surface area contributed by atoms with Crippen molar-refractivity contribution in [1.29, 1.82) is 0 Å². The van der Waals surface area contributed by atoms with Crippen molar-refractivity contribution in [3.8, 4) is 11.5 Å². The molecule has 0 aliphatic carbocycles. The molecule has 0 amide bonds. The normalized spacial score (nSPS) is 10.8. The topological polar surface area (TPSA) is 35.2 Å². The maximum atomic E-state index is 6.04. The Hall–Kier alpha value is -2.03. The Bertz CT molecular complexity index is 770. The lowest BCUT2D eigenvalue weighted by atomic mass is 10.1. The average molecular weight is 298 g/mol. The van der Waals surface area contributed by atoms with Gasteiger partial charge in [0.2, 0.25) is 0 Å². The van der Waals surface area contributed by atoms with Crippen LogP contribution in [0.2, 0.25) is 5.02 Å². The van der Waals surface area contributed by atoms with Gasteiger partial charge in [-0.3, -0.25) is 0 Å². The molecule has 0 radical (unpaired) electrons. The number of nitrogens with two attached hydrogens (primary N) is 1. The molecule has 0 aromatic heterocycles. The second kappa shape index (κ2) is 6.17. The fourth-order valence-corrected chi connectivity index (χ4v) is 2.55. The van der Waals surface area contributed by atoms with Gasteiger partial charge in [-0.15, -0.1) is 0 Å². The van der Waals surface area contributed by atoms with E-state index in [1.165, 1.54) is 5.39 Å². The van der Waals surface area contributed by atoms with Gasteiger partial charge >= 0.3 is 0 Å². The van der Waals surface area contributed by atoms with E-state index in [1.54, 1.807) is 0 Å². The molecule has 3 heteroatoms. The SMILES string of the molecule is NCCc1cc(Cl)ccc1Oc1ccc2ccccc2c1. The Morgan fingerprint density at radius 3 is 2.52 bits per heavy atom. The van der Waals surface area contributed by atoms with Crippen LogP contribution >= 0.6 is 11.6 Å². The van der Waals surface area contributed by atoms with Gasteiger partial charge in [-0.2, -0.15) is 0 Å². The van der Waals surface area contributed by atoms with E-state index in [9.17, 15) is 0 Å². The quantitative estimate of drug-likeness (QED) is 0.751. The summed E-state index contributed by atoms with van der Waals surface area (Å²) in [6, 6.07) is 19.9. The Morgan fingerprint density at radius 1 is 0.905 bits per heavy atom. The first-order valence-corrected chi connectivity index (χ1v) is 7.29. The van der Waals surface area contributed by atoms with Crippen molar-refractivity contribution < 1.29 is 4.74 Å². The van der Waals surface area contributed by atoms with Crippen molar-refractivity contribution in [3.05, 3.63) is 71.2 Å². The lowest BCUT2D eigenvalue weighted by molar-refractivity contribution is 0.477. The maximum absolute atomic E-state index is 6.04. The zero-order chi connectivity index (χ0) is 14.7. The molecule has 3 aromatic rings. The summed E-state index contributed by atoms with van der Waals surface area (Å²) in [5.41, 5.74) is 6.67. The minimum atomic E-state index is 0.564. The molecule has 106 valence electrons. The molecule has 0 fully saturated rings. The summed E-state index contributed by atoms with van der Waals surface area (Å²) >= 11 is 6.04. The molecule has 2 N–H and O–H groups in total. The van der Waals surface area contributed by atoms with Crippen LogP contribution in [-0.2, 0) is 6.42 Å². The van der Waals surface area contributed by atoms with E-state index in [0.29, 0.717) is 11.6 Å². The summed E-state index contributed by atoms with van der Waals surface area (Å²) in [7, 11) is 0. The highest BCUT2D eigenvalue weighted by Crippen LogP contribution is 2.30. The molecular formula is C18H16ClNO. The van der Waals surface area contributed by atoms with E-state index in [0.717, 1.165) is 28.9 Å². The van der Waals surface area contributed by atoms with Crippen molar-refractivity contribution >= 4 is 22.4 Å². The molecule has 0 aliphatic heterocycles. The first-order chi connectivity index (χ1) is 10.3. The Morgan fingerprint density at radius 2 is 1.71 bits per heavy atom. The second-order valence-corrected chi connectivity index (χ2v) is 5.34. The smallest absolute Gasteiger partial charge is 0.130 e. The molecule has 0 heterocycles. The third kappa shape index (κ3) is 3.18. The molecule has 0 atom stereocenters.